The summed E-state index contributed by atoms with van der Waals surface area (Å²) in [7, 11) is 0. The van der Waals surface area contributed by atoms with Crippen LogP contribution in [0.2, 0.25) is 0 Å². The predicted octanol–water partition coefficient (Wildman–Crippen LogP) is 4.84. The number of aromatic nitrogens is 1. The minimum absolute atomic E-state index is 0.0422. The lowest BCUT2D eigenvalue weighted by Crippen LogP contribution is -2.64. The van der Waals surface area contributed by atoms with Crippen LogP contribution in [0.25, 0.3) is 10.6 Å². The van der Waals surface area contributed by atoms with Gasteiger partial charge in [-0.1, -0.05) is 57.0 Å². The molecule has 1 aliphatic heterocycles. The van der Waals surface area contributed by atoms with E-state index in [1.54, 1.807) is 0 Å². The Bertz CT molecular complexity index is 1010. The molecule has 1 aromatic heterocycles. The first-order valence-electron chi connectivity index (χ1n) is 12.0. The number of carboxylic acid groups (broad SMARTS) is 1. The van der Waals surface area contributed by atoms with E-state index >= 15 is 0 Å². The molecule has 1 aliphatic carbocycles. The van der Waals surface area contributed by atoms with Gasteiger partial charge in [0.05, 0.1) is 12.6 Å². The smallest absolute Gasteiger partial charge is 0.475 e. The van der Waals surface area contributed by atoms with E-state index in [9.17, 15) is 18.0 Å². The van der Waals surface area contributed by atoms with Gasteiger partial charge in [-0.15, -0.1) is 11.3 Å². The molecule has 1 saturated carbocycles. The third-order valence-corrected chi connectivity index (χ3v) is 7.09. The van der Waals surface area contributed by atoms with Crippen molar-refractivity contribution in [1.82, 2.24) is 15.2 Å². The van der Waals surface area contributed by atoms with Gasteiger partial charge in [-0.2, -0.15) is 13.2 Å². The van der Waals surface area contributed by atoms with Crippen LogP contribution in [0.4, 0.5) is 13.2 Å². The van der Waals surface area contributed by atoms with Crippen LogP contribution in [-0.4, -0.2) is 70.9 Å². The number of benzene rings is 1. The Balaban J connectivity index is 0.000000454. The number of aliphatic carboxylic acids is 1. The molecule has 198 valence electrons. The molecule has 0 radical (unpaired) electrons. The highest BCUT2D eigenvalue weighted by Crippen LogP contribution is 2.35. The van der Waals surface area contributed by atoms with E-state index in [1.165, 1.54) is 11.3 Å². The number of nitrogens with one attached hydrogen (secondary N) is 1. The van der Waals surface area contributed by atoms with Gasteiger partial charge in [-0.05, 0) is 18.8 Å². The molecule has 11 heteroatoms. The topological polar surface area (TPSA) is 91.8 Å². The lowest BCUT2D eigenvalue weighted by atomic mass is 9.78. The van der Waals surface area contributed by atoms with Crippen LogP contribution in [0.15, 0.2) is 35.7 Å². The number of thiazole rings is 1. The average molecular weight is 528 g/mol. The number of carbonyl (C=O) groups is 2. The zero-order chi connectivity index (χ0) is 26.3. The van der Waals surface area contributed by atoms with Gasteiger partial charge in [0, 0.05) is 30.6 Å². The molecule has 36 heavy (non-hydrogen) atoms. The van der Waals surface area contributed by atoms with Crippen LogP contribution in [0.5, 0.6) is 0 Å². The second-order valence-corrected chi connectivity index (χ2v) is 10.4. The lowest BCUT2D eigenvalue weighted by molar-refractivity contribution is -0.192. The second-order valence-electron chi connectivity index (χ2n) is 9.52. The molecule has 2 fully saturated rings. The first-order chi connectivity index (χ1) is 17.0. The fourth-order valence-corrected chi connectivity index (χ4v) is 5.46. The van der Waals surface area contributed by atoms with Crippen LogP contribution in [-0.2, 0) is 9.53 Å². The summed E-state index contributed by atoms with van der Waals surface area (Å²) in [6.07, 6.45) is -0.806. The Labute approximate surface area is 212 Å². The normalized spacial score (nSPS) is 22.7. The van der Waals surface area contributed by atoms with Crippen molar-refractivity contribution in [2.45, 2.75) is 57.3 Å². The first-order valence-corrected chi connectivity index (χ1v) is 12.9. The Morgan fingerprint density at radius 3 is 2.61 bits per heavy atom. The molecule has 0 bridgehead atoms. The van der Waals surface area contributed by atoms with E-state index in [2.05, 4.69) is 29.0 Å². The molecule has 1 spiro atoms. The van der Waals surface area contributed by atoms with Crippen molar-refractivity contribution in [3.8, 4) is 10.6 Å². The van der Waals surface area contributed by atoms with Gasteiger partial charge in [-0.3, -0.25) is 9.69 Å². The first kappa shape index (κ1) is 28.1. The Morgan fingerprint density at radius 1 is 1.28 bits per heavy atom. The van der Waals surface area contributed by atoms with Gasteiger partial charge in [0.15, 0.2) is 0 Å². The van der Waals surface area contributed by atoms with Gasteiger partial charge in [0.25, 0.3) is 5.91 Å². The van der Waals surface area contributed by atoms with Crippen molar-refractivity contribution < 1.29 is 32.6 Å². The van der Waals surface area contributed by atoms with Crippen LogP contribution in [0.1, 0.15) is 50.0 Å². The standard InChI is InChI=1S/C23H31N3O2S.C2HF3O2/c1-17(2)14-26-12-13-28-23(16-26)11-7-6-10-20(23)25-21(27)19-15-29-22(24-19)18-8-4-3-5-9-18;3-2(4,5)1(6)7/h3-5,8-9,15,17,20H,6-7,10-14,16H2,1-2H3,(H,25,27);(H,6,7). The molecule has 2 heterocycles. The van der Waals surface area contributed by atoms with Crippen molar-refractivity contribution in [2.24, 2.45) is 5.92 Å². The number of hydrogen-bond donors (Lipinski definition) is 2. The Kier molecular flexibility index (Phi) is 9.48. The molecule has 7 nitrogen and oxygen atoms in total. The number of carbonyl (C=O) groups excluding carboxylic acids is 1. The molecule has 2 atom stereocenters. The summed E-state index contributed by atoms with van der Waals surface area (Å²) in [5.74, 6) is -2.21. The van der Waals surface area contributed by atoms with Crippen molar-refractivity contribution in [3.63, 3.8) is 0 Å². The highest BCUT2D eigenvalue weighted by atomic mass is 32.1. The zero-order valence-corrected chi connectivity index (χ0v) is 21.2. The maximum Gasteiger partial charge on any atom is 0.490 e. The fourth-order valence-electron chi connectivity index (χ4n) is 4.65. The molecule has 4 rings (SSSR count). The van der Waals surface area contributed by atoms with Gasteiger partial charge in [0.2, 0.25) is 0 Å². The van der Waals surface area contributed by atoms with E-state index < -0.39 is 12.1 Å². The largest absolute Gasteiger partial charge is 0.490 e. The van der Waals surface area contributed by atoms with Crippen LogP contribution in [0, 0.1) is 5.92 Å². The third kappa shape index (κ3) is 7.50. The van der Waals surface area contributed by atoms with E-state index in [4.69, 9.17) is 14.6 Å². The van der Waals surface area contributed by atoms with Crippen molar-refractivity contribution in [1.29, 1.82) is 0 Å². The molecule has 2 unspecified atom stereocenters. The predicted molar refractivity (Wildman–Crippen MR) is 131 cm³/mol. The number of ether oxygens (including phenoxy) is 1. The number of nitrogens with zero attached hydrogens (tertiary/aromatic N) is 2. The number of hydrogen-bond acceptors (Lipinski definition) is 6. The van der Waals surface area contributed by atoms with Gasteiger partial charge >= 0.3 is 12.1 Å². The van der Waals surface area contributed by atoms with E-state index in [-0.39, 0.29) is 17.6 Å². The maximum absolute atomic E-state index is 13.0. The molecule has 1 amide bonds. The number of halogens is 3. The number of rotatable bonds is 5. The molecule has 1 aromatic carbocycles. The summed E-state index contributed by atoms with van der Waals surface area (Å²) < 4.78 is 38.1. The summed E-state index contributed by atoms with van der Waals surface area (Å²) in [5.41, 5.74) is 1.29. The molecule has 2 N–H and O–H groups in total. The monoisotopic (exact) mass is 527 g/mol. The SMILES string of the molecule is CC(C)CN1CCOC2(CCCCC2NC(=O)c2csc(-c3ccccc3)n2)C1.O=C(O)C(F)(F)F. The second kappa shape index (κ2) is 12.2. The van der Waals surface area contributed by atoms with Crippen LogP contribution < -0.4 is 5.32 Å². The lowest BCUT2D eigenvalue weighted by Gasteiger charge is -2.50. The molecule has 1 saturated heterocycles. The summed E-state index contributed by atoms with van der Waals surface area (Å²) in [6, 6.07) is 10.1. The maximum atomic E-state index is 13.0. The molecule has 2 aliphatic rings. The van der Waals surface area contributed by atoms with Crippen molar-refractivity contribution >= 4 is 23.2 Å². The van der Waals surface area contributed by atoms with Gasteiger partial charge < -0.3 is 15.2 Å². The molecular formula is C25H32F3N3O4S. The number of amides is 1. The summed E-state index contributed by atoms with van der Waals surface area (Å²) in [6.45, 7) is 8.23. The number of morpholine rings is 1. The highest BCUT2D eigenvalue weighted by Gasteiger charge is 2.46. The van der Waals surface area contributed by atoms with Crippen LogP contribution in [0.3, 0.4) is 0 Å². The van der Waals surface area contributed by atoms with E-state index in [0.29, 0.717) is 11.6 Å². The number of carboxylic acids is 1. The van der Waals surface area contributed by atoms with Gasteiger partial charge in [0.1, 0.15) is 16.3 Å². The zero-order valence-electron chi connectivity index (χ0n) is 20.4. The Morgan fingerprint density at radius 2 is 1.97 bits per heavy atom. The van der Waals surface area contributed by atoms with E-state index in [1.807, 2.05) is 35.7 Å². The molecule has 2 aromatic rings. The quantitative estimate of drug-likeness (QED) is 0.578. The van der Waals surface area contributed by atoms with Crippen molar-refractivity contribution in [3.05, 3.63) is 41.4 Å². The highest BCUT2D eigenvalue weighted by molar-refractivity contribution is 7.13. The summed E-state index contributed by atoms with van der Waals surface area (Å²) in [4.78, 5) is 29.0. The van der Waals surface area contributed by atoms with Gasteiger partial charge in [-0.25, -0.2) is 9.78 Å². The summed E-state index contributed by atoms with van der Waals surface area (Å²) in [5, 5.41) is 13.2. The minimum Gasteiger partial charge on any atom is -0.475 e. The Hall–Kier alpha value is -2.50. The average Bonchev–Trinajstić information content (AvgIpc) is 3.31. The third-order valence-electron chi connectivity index (χ3n) is 6.19. The number of alkyl halides is 3. The molecular weight excluding hydrogens is 495 g/mol. The summed E-state index contributed by atoms with van der Waals surface area (Å²) >= 11 is 1.52. The minimum atomic E-state index is -5.08. The van der Waals surface area contributed by atoms with E-state index in [0.717, 1.165) is 62.5 Å². The van der Waals surface area contributed by atoms with Crippen LogP contribution >= 0.6 is 11.3 Å². The van der Waals surface area contributed by atoms with Crippen molar-refractivity contribution in [2.75, 3.05) is 26.2 Å². The fraction of sp³-hybridized carbons (Fsp3) is 0.560.